The van der Waals surface area contributed by atoms with Gasteiger partial charge in [-0.05, 0) is 76.6 Å². The number of hydrogen-bond acceptors (Lipinski definition) is 5. The molecule has 3 heterocycles. The molecule has 0 bridgehead atoms. The third-order valence-corrected chi connectivity index (χ3v) is 12.4. The van der Waals surface area contributed by atoms with Gasteiger partial charge >= 0.3 is 0 Å². The Morgan fingerprint density at radius 1 is 0.375 bits per heavy atom. The third-order valence-electron chi connectivity index (χ3n) is 12.4. The van der Waals surface area contributed by atoms with Crippen molar-refractivity contribution in [3.8, 4) is 56.4 Å². The van der Waals surface area contributed by atoms with Gasteiger partial charge in [-0.2, -0.15) is 0 Å². The quantitative estimate of drug-likeness (QED) is 0.181. The maximum absolute atomic E-state index is 6.29. The van der Waals surface area contributed by atoms with E-state index in [9.17, 15) is 0 Å². The second-order valence-electron chi connectivity index (χ2n) is 15.4. The Balaban J connectivity index is 1.01. The van der Waals surface area contributed by atoms with Crippen LogP contribution >= 0.6 is 0 Å². The van der Waals surface area contributed by atoms with E-state index in [-0.39, 0.29) is 5.41 Å². The Morgan fingerprint density at radius 2 is 0.875 bits per heavy atom. The number of furan rings is 2. The summed E-state index contributed by atoms with van der Waals surface area (Å²) < 4.78 is 12.6. The van der Waals surface area contributed by atoms with Gasteiger partial charge in [0.2, 0.25) is 0 Å². The van der Waals surface area contributed by atoms with E-state index in [1.54, 1.807) is 0 Å². The van der Waals surface area contributed by atoms with E-state index in [4.69, 9.17) is 23.8 Å². The van der Waals surface area contributed by atoms with Crippen molar-refractivity contribution >= 4 is 43.9 Å². The van der Waals surface area contributed by atoms with Crippen LogP contribution in [0.3, 0.4) is 0 Å². The van der Waals surface area contributed by atoms with Crippen molar-refractivity contribution in [1.82, 2.24) is 15.0 Å². The fourth-order valence-corrected chi connectivity index (χ4v) is 9.82. The predicted octanol–water partition coefficient (Wildman–Crippen LogP) is 13.6. The minimum atomic E-state index is 0.154. The molecule has 0 radical (unpaired) electrons. The highest BCUT2D eigenvalue weighted by Crippen LogP contribution is 2.56. The normalized spacial score (nSPS) is 14.6. The maximum atomic E-state index is 6.29. The topological polar surface area (TPSA) is 65.0 Å². The van der Waals surface area contributed by atoms with Crippen molar-refractivity contribution in [2.75, 3.05) is 0 Å². The van der Waals surface area contributed by atoms with Gasteiger partial charge in [-0.15, -0.1) is 0 Å². The molecule has 5 heteroatoms. The predicted molar refractivity (Wildman–Crippen MR) is 225 cm³/mol. The Bertz CT molecular complexity index is 3050. The van der Waals surface area contributed by atoms with Crippen molar-refractivity contribution < 1.29 is 8.83 Å². The Hall–Kier alpha value is -6.85. The standard InChI is InChI=1S/C51H35N3O2/c1-8-28-51(29-9-1)40-17-5-2-12-34(40)39-30-33(26-27-41(39)51)31-22-24-32(25-23-31)48-52-49(37-15-10-20-44-46(37)35-13-3-6-18-42(35)55-44)54-50(53-48)38-16-11-21-45-47(38)36-14-4-7-19-43(36)56-45/h2-7,10-27,30H,1,8-9,28-29H2. The highest BCUT2D eigenvalue weighted by molar-refractivity contribution is 6.13. The minimum Gasteiger partial charge on any atom is -0.456 e. The average Bonchev–Trinajstić information content (AvgIpc) is 3.92. The van der Waals surface area contributed by atoms with E-state index in [0.29, 0.717) is 17.5 Å². The van der Waals surface area contributed by atoms with Crippen LogP contribution in [0.4, 0.5) is 0 Å². The molecule has 1 spiro atoms. The van der Waals surface area contributed by atoms with Crippen molar-refractivity contribution in [3.05, 3.63) is 163 Å². The van der Waals surface area contributed by atoms with Crippen LogP contribution in [-0.4, -0.2) is 15.0 Å². The number of para-hydroxylation sites is 2. The van der Waals surface area contributed by atoms with Gasteiger partial charge in [-0.25, -0.2) is 15.0 Å². The summed E-state index contributed by atoms with van der Waals surface area (Å²) in [5, 5.41) is 4.03. The summed E-state index contributed by atoms with van der Waals surface area (Å²) in [7, 11) is 0. The van der Waals surface area contributed by atoms with Crippen molar-refractivity contribution in [3.63, 3.8) is 0 Å². The molecule has 7 aromatic carbocycles. The molecule has 0 unspecified atom stereocenters. The molecule has 0 atom stereocenters. The molecular weight excluding hydrogens is 687 g/mol. The monoisotopic (exact) mass is 721 g/mol. The van der Waals surface area contributed by atoms with Gasteiger partial charge in [0.25, 0.3) is 0 Å². The van der Waals surface area contributed by atoms with Crippen LogP contribution < -0.4 is 0 Å². The van der Waals surface area contributed by atoms with E-state index in [2.05, 4.69) is 91.0 Å². The van der Waals surface area contributed by atoms with Crippen LogP contribution in [0.15, 0.2) is 160 Å². The van der Waals surface area contributed by atoms with Gasteiger partial charge in [0.05, 0.1) is 0 Å². The first-order chi connectivity index (χ1) is 27.7. The molecule has 2 aliphatic carbocycles. The molecule has 10 aromatic rings. The molecule has 2 aliphatic rings. The lowest BCUT2D eigenvalue weighted by Crippen LogP contribution is -2.27. The number of hydrogen-bond donors (Lipinski definition) is 0. The summed E-state index contributed by atoms with van der Waals surface area (Å²) in [5.74, 6) is 1.78. The molecule has 266 valence electrons. The molecule has 5 nitrogen and oxygen atoms in total. The van der Waals surface area contributed by atoms with Crippen LogP contribution in [0.2, 0.25) is 0 Å². The lowest BCUT2D eigenvalue weighted by Gasteiger charge is -2.36. The fourth-order valence-electron chi connectivity index (χ4n) is 9.82. The third kappa shape index (κ3) is 4.64. The van der Waals surface area contributed by atoms with E-state index < -0.39 is 0 Å². The van der Waals surface area contributed by atoms with E-state index in [0.717, 1.165) is 66.1 Å². The summed E-state index contributed by atoms with van der Waals surface area (Å²) in [5.41, 5.74) is 14.3. The van der Waals surface area contributed by atoms with Gasteiger partial charge in [0.1, 0.15) is 22.3 Å². The second-order valence-corrected chi connectivity index (χ2v) is 15.4. The Labute approximate surface area is 323 Å². The van der Waals surface area contributed by atoms with Crippen LogP contribution in [0.25, 0.3) is 100 Å². The molecule has 1 fully saturated rings. The van der Waals surface area contributed by atoms with Crippen LogP contribution in [-0.2, 0) is 5.41 Å². The fraction of sp³-hybridized carbons (Fsp3) is 0.118. The zero-order valence-electron chi connectivity index (χ0n) is 30.6. The first-order valence-corrected chi connectivity index (χ1v) is 19.6. The lowest BCUT2D eigenvalue weighted by atomic mass is 9.68. The number of benzene rings is 7. The smallest absolute Gasteiger partial charge is 0.164 e. The SMILES string of the molecule is c1ccc2c(c1)-c1cc(-c3ccc(-c4nc(-c5cccc6oc7ccccc7c56)nc(-c5cccc6oc7ccccc7c56)n4)cc3)ccc1C21CCCCC1. The molecule has 56 heavy (non-hydrogen) atoms. The largest absolute Gasteiger partial charge is 0.456 e. The zero-order valence-corrected chi connectivity index (χ0v) is 30.6. The lowest BCUT2D eigenvalue weighted by molar-refractivity contribution is 0.353. The molecule has 0 amide bonds. The first-order valence-electron chi connectivity index (χ1n) is 19.6. The number of aromatic nitrogens is 3. The molecule has 1 saturated carbocycles. The summed E-state index contributed by atoms with van der Waals surface area (Å²) in [6, 6.07) is 53.4. The van der Waals surface area contributed by atoms with Gasteiger partial charge in [0, 0.05) is 43.7 Å². The van der Waals surface area contributed by atoms with Crippen LogP contribution in [0.1, 0.15) is 43.2 Å². The van der Waals surface area contributed by atoms with Gasteiger partial charge in [0.15, 0.2) is 17.5 Å². The highest BCUT2D eigenvalue weighted by Gasteiger charge is 2.43. The van der Waals surface area contributed by atoms with Crippen molar-refractivity contribution in [1.29, 1.82) is 0 Å². The number of rotatable bonds is 4. The zero-order chi connectivity index (χ0) is 36.8. The van der Waals surface area contributed by atoms with Crippen LogP contribution in [0.5, 0.6) is 0 Å². The summed E-state index contributed by atoms with van der Waals surface area (Å²) in [6.45, 7) is 0. The molecule has 12 rings (SSSR count). The molecule has 0 saturated heterocycles. The summed E-state index contributed by atoms with van der Waals surface area (Å²) in [6.07, 6.45) is 6.38. The van der Waals surface area contributed by atoms with E-state index in [1.165, 1.54) is 59.9 Å². The number of fused-ring (bicyclic) bond motifs is 11. The van der Waals surface area contributed by atoms with Crippen molar-refractivity contribution in [2.45, 2.75) is 37.5 Å². The Morgan fingerprint density at radius 3 is 1.54 bits per heavy atom. The van der Waals surface area contributed by atoms with E-state index in [1.807, 2.05) is 60.7 Å². The molecule has 3 aromatic heterocycles. The van der Waals surface area contributed by atoms with Gasteiger partial charge < -0.3 is 8.83 Å². The van der Waals surface area contributed by atoms with Crippen molar-refractivity contribution in [2.24, 2.45) is 0 Å². The Kier molecular flexibility index (Phi) is 6.79. The molecular formula is C51H35N3O2. The van der Waals surface area contributed by atoms with E-state index >= 15 is 0 Å². The maximum Gasteiger partial charge on any atom is 0.164 e. The van der Waals surface area contributed by atoms with Gasteiger partial charge in [-0.1, -0.05) is 141 Å². The summed E-state index contributed by atoms with van der Waals surface area (Å²) in [4.78, 5) is 15.6. The minimum absolute atomic E-state index is 0.154. The first kappa shape index (κ1) is 31.5. The van der Waals surface area contributed by atoms with Gasteiger partial charge in [-0.3, -0.25) is 0 Å². The second kappa shape index (κ2) is 12.1. The highest BCUT2D eigenvalue weighted by atomic mass is 16.3. The summed E-state index contributed by atoms with van der Waals surface area (Å²) >= 11 is 0. The number of nitrogens with zero attached hydrogens (tertiary/aromatic N) is 3. The molecule has 0 aliphatic heterocycles. The molecule has 0 N–H and O–H groups in total. The van der Waals surface area contributed by atoms with Crippen LogP contribution in [0, 0.1) is 0 Å². The average molecular weight is 722 g/mol.